The zero-order valence-electron chi connectivity index (χ0n) is 10.1. The molecule has 19 heavy (non-hydrogen) atoms. The molecule has 96 valence electrons. The van der Waals surface area contributed by atoms with Crippen molar-refractivity contribution < 1.29 is 4.39 Å². The molecule has 0 saturated heterocycles. The van der Waals surface area contributed by atoms with Gasteiger partial charge in [-0.25, -0.2) is 4.39 Å². The summed E-state index contributed by atoms with van der Waals surface area (Å²) in [5.41, 5.74) is 8.27. The Morgan fingerprint density at radius 1 is 1.11 bits per heavy atom. The molecule has 0 atom stereocenters. The van der Waals surface area contributed by atoms with Crippen LogP contribution < -0.4 is 5.73 Å². The van der Waals surface area contributed by atoms with Crippen LogP contribution in [0.2, 0.25) is 5.02 Å². The molecule has 0 saturated carbocycles. The minimum Gasteiger partial charge on any atom is -0.398 e. The van der Waals surface area contributed by atoms with Crippen molar-refractivity contribution in [3.8, 4) is 0 Å². The quantitative estimate of drug-likeness (QED) is 0.702. The second kappa shape index (κ2) is 4.59. The van der Waals surface area contributed by atoms with Gasteiger partial charge in [-0.2, -0.15) is 0 Å². The number of nitrogens with two attached hydrogens (primary N) is 1. The zero-order valence-corrected chi connectivity index (χ0v) is 10.9. The number of hydrogen-bond acceptors (Lipinski definition) is 1. The van der Waals surface area contributed by atoms with Crippen LogP contribution >= 0.6 is 11.6 Å². The van der Waals surface area contributed by atoms with E-state index in [2.05, 4.69) is 0 Å². The smallest absolute Gasteiger partial charge is 0.132 e. The molecular weight excluding hydrogens is 263 g/mol. The van der Waals surface area contributed by atoms with E-state index in [0.717, 1.165) is 11.1 Å². The summed E-state index contributed by atoms with van der Waals surface area (Å²) < 4.78 is 15.6. The second-order valence-electron chi connectivity index (χ2n) is 4.42. The molecule has 0 aliphatic heterocycles. The van der Waals surface area contributed by atoms with E-state index in [-0.39, 0.29) is 5.82 Å². The fraction of sp³-hybridized carbons (Fsp3) is 0.0667. The number of aromatic nitrogens is 1. The summed E-state index contributed by atoms with van der Waals surface area (Å²) in [6, 6.07) is 12.2. The van der Waals surface area contributed by atoms with Crippen molar-refractivity contribution in [2.45, 2.75) is 6.54 Å². The topological polar surface area (TPSA) is 30.9 Å². The van der Waals surface area contributed by atoms with Crippen molar-refractivity contribution in [1.29, 1.82) is 0 Å². The summed E-state index contributed by atoms with van der Waals surface area (Å²) in [6.07, 6.45) is 1.84. The molecule has 0 bridgehead atoms. The van der Waals surface area contributed by atoms with E-state index in [9.17, 15) is 4.39 Å². The Labute approximate surface area is 115 Å². The average molecular weight is 275 g/mol. The Morgan fingerprint density at radius 3 is 2.68 bits per heavy atom. The van der Waals surface area contributed by atoms with Gasteiger partial charge in [0, 0.05) is 27.9 Å². The Hall–Kier alpha value is -2.00. The van der Waals surface area contributed by atoms with Gasteiger partial charge in [-0.3, -0.25) is 0 Å². The molecule has 1 aromatic heterocycles. The molecule has 3 aromatic rings. The number of nitrogen functional groups attached to an aromatic ring is 1. The lowest BCUT2D eigenvalue weighted by Gasteiger charge is -2.10. The van der Waals surface area contributed by atoms with E-state index in [1.807, 2.05) is 29.0 Å². The first-order chi connectivity index (χ1) is 9.16. The van der Waals surface area contributed by atoms with E-state index in [1.165, 1.54) is 6.07 Å². The lowest BCUT2D eigenvalue weighted by molar-refractivity contribution is 0.639. The van der Waals surface area contributed by atoms with E-state index < -0.39 is 0 Å². The molecule has 0 fully saturated rings. The third-order valence-electron chi connectivity index (χ3n) is 3.24. The first-order valence-electron chi connectivity index (χ1n) is 5.93. The van der Waals surface area contributed by atoms with Gasteiger partial charge in [-0.15, -0.1) is 0 Å². The predicted octanol–water partition coefficient (Wildman–Crippen LogP) is 4.06. The van der Waals surface area contributed by atoms with Gasteiger partial charge in [-0.1, -0.05) is 23.7 Å². The molecular formula is C15H12ClFN2. The molecule has 0 spiro atoms. The van der Waals surface area contributed by atoms with Crippen LogP contribution in [0.15, 0.2) is 48.7 Å². The molecule has 4 heteroatoms. The lowest BCUT2D eigenvalue weighted by atomic mass is 10.1. The molecule has 2 N–H and O–H groups in total. The molecule has 2 nitrogen and oxygen atoms in total. The third-order valence-corrected chi connectivity index (χ3v) is 3.60. The minimum absolute atomic E-state index is 0.219. The van der Waals surface area contributed by atoms with Crippen molar-refractivity contribution in [2.24, 2.45) is 0 Å². The standard InChI is InChI=1S/C15H12ClFN2/c16-12-3-1-5-14(18)11(12)9-19-8-7-10-13(17)4-2-6-15(10)19/h1-8H,9,18H2. The summed E-state index contributed by atoms with van der Waals surface area (Å²) in [7, 11) is 0. The fourth-order valence-corrected chi connectivity index (χ4v) is 2.48. The van der Waals surface area contributed by atoms with Gasteiger partial charge < -0.3 is 10.3 Å². The van der Waals surface area contributed by atoms with Crippen molar-refractivity contribution >= 4 is 28.2 Å². The van der Waals surface area contributed by atoms with Gasteiger partial charge in [0.05, 0.1) is 12.1 Å². The van der Waals surface area contributed by atoms with E-state index >= 15 is 0 Å². The van der Waals surface area contributed by atoms with Crippen LogP contribution in [0.4, 0.5) is 10.1 Å². The molecule has 0 unspecified atom stereocenters. The number of anilines is 1. The van der Waals surface area contributed by atoms with Crippen LogP contribution in [-0.2, 0) is 6.54 Å². The van der Waals surface area contributed by atoms with Gasteiger partial charge in [0.1, 0.15) is 5.82 Å². The monoisotopic (exact) mass is 274 g/mol. The van der Waals surface area contributed by atoms with Crippen molar-refractivity contribution in [2.75, 3.05) is 5.73 Å². The second-order valence-corrected chi connectivity index (χ2v) is 4.83. The van der Waals surface area contributed by atoms with Crippen LogP contribution in [0.1, 0.15) is 5.56 Å². The van der Waals surface area contributed by atoms with Gasteiger partial charge in [0.15, 0.2) is 0 Å². The zero-order chi connectivity index (χ0) is 13.4. The number of halogens is 2. The van der Waals surface area contributed by atoms with Crippen LogP contribution in [0.3, 0.4) is 0 Å². The summed E-state index contributed by atoms with van der Waals surface area (Å²) >= 11 is 6.16. The fourth-order valence-electron chi connectivity index (χ4n) is 2.24. The van der Waals surface area contributed by atoms with Crippen LogP contribution in [0.5, 0.6) is 0 Å². The number of benzene rings is 2. The van der Waals surface area contributed by atoms with Gasteiger partial charge >= 0.3 is 0 Å². The highest BCUT2D eigenvalue weighted by molar-refractivity contribution is 6.31. The Kier molecular flexibility index (Phi) is 2.91. The molecule has 0 radical (unpaired) electrons. The first kappa shape index (κ1) is 12.1. The molecule has 0 aliphatic rings. The molecule has 2 aromatic carbocycles. The van der Waals surface area contributed by atoms with E-state index in [4.69, 9.17) is 17.3 Å². The largest absolute Gasteiger partial charge is 0.398 e. The minimum atomic E-state index is -0.219. The number of fused-ring (bicyclic) bond motifs is 1. The Balaban J connectivity index is 2.09. The predicted molar refractivity (Wildman–Crippen MR) is 76.9 cm³/mol. The highest BCUT2D eigenvalue weighted by Crippen LogP contribution is 2.26. The van der Waals surface area contributed by atoms with Crippen molar-refractivity contribution in [3.05, 3.63) is 65.1 Å². The molecule has 3 rings (SSSR count). The number of rotatable bonds is 2. The van der Waals surface area contributed by atoms with Gasteiger partial charge in [-0.05, 0) is 30.3 Å². The Bertz CT molecular complexity index is 729. The van der Waals surface area contributed by atoms with Gasteiger partial charge in [0.2, 0.25) is 0 Å². The normalized spacial score (nSPS) is 11.1. The van der Waals surface area contributed by atoms with E-state index in [1.54, 1.807) is 18.2 Å². The van der Waals surface area contributed by atoms with Gasteiger partial charge in [0.25, 0.3) is 0 Å². The molecule has 1 heterocycles. The summed E-state index contributed by atoms with van der Waals surface area (Å²) in [5, 5.41) is 1.23. The summed E-state index contributed by atoms with van der Waals surface area (Å²) in [5.74, 6) is -0.219. The highest BCUT2D eigenvalue weighted by Gasteiger charge is 2.09. The Morgan fingerprint density at radius 2 is 1.89 bits per heavy atom. The van der Waals surface area contributed by atoms with Crippen LogP contribution in [0, 0.1) is 5.82 Å². The third kappa shape index (κ3) is 2.06. The van der Waals surface area contributed by atoms with Crippen LogP contribution in [0.25, 0.3) is 10.9 Å². The SMILES string of the molecule is Nc1cccc(Cl)c1Cn1ccc2c(F)cccc21. The average Bonchev–Trinajstić information content (AvgIpc) is 2.79. The lowest BCUT2D eigenvalue weighted by Crippen LogP contribution is -2.02. The maximum absolute atomic E-state index is 13.6. The number of hydrogen-bond donors (Lipinski definition) is 1. The maximum Gasteiger partial charge on any atom is 0.132 e. The summed E-state index contributed by atoms with van der Waals surface area (Å²) in [4.78, 5) is 0. The summed E-state index contributed by atoms with van der Waals surface area (Å²) in [6.45, 7) is 0.526. The molecule has 0 amide bonds. The van der Waals surface area contributed by atoms with Crippen molar-refractivity contribution in [3.63, 3.8) is 0 Å². The molecule has 0 aliphatic carbocycles. The van der Waals surface area contributed by atoms with Crippen LogP contribution in [-0.4, -0.2) is 4.57 Å². The first-order valence-corrected chi connectivity index (χ1v) is 6.31. The highest BCUT2D eigenvalue weighted by atomic mass is 35.5. The number of nitrogens with zero attached hydrogens (tertiary/aromatic N) is 1. The van der Waals surface area contributed by atoms with E-state index in [0.29, 0.717) is 22.6 Å². The van der Waals surface area contributed by atoms with Crippen molar-refractivity contribution in [1.82, 2.24) is 4.57 Å². The maximum atomic E-state index is 13.6.